The lowest BCUT2D eigenvalue weighted by molar-refractivity contribution is -0.198. The van der Waals surface area contributed by atoms with Crippen molar-refractivity contribution in [3.63, 3.8) is 0 Å². The summed E-state index contributed by atoms with van der Waals surface area (Å²) in [6.45, 7) is 11.5. The van der Waals surface area contributed by atoms with Crippen LogP contribution in [0.1, 0.15) is 86.0 Å². The number of nitrogens with one attached hydrogen (secondary N) is 1. The van der Waals surface area contributed by atoms with Gasteiger partial charge in [0.1, 0.15) is 6.10 Å². The van der Waals surface area contributed by atoms with Crippen LogP contribution in [0, 0.1) is 40.4 Å². The molecule has 5 rings (SSSR count). The molecule has 46 heavy (non-hydrogen) atoms. The van der Waals surface area contributed by atoms with Crippen LogP contribution in [-0.2, 0) is 19.0 Å². The molecule has 10 heteroatoms. The fourth-order valence-corrected chi connectivity index (χ4v) is 10.7. The Balaban J connectivity index is 1.36. The Morgan fingerprint density at radius 2 is 1.87 bits per heavy atom. The third-order valence-corrected chi connectivity index (χ3v) is 13.5. The zero-order chi connectivity index (χ0) is 33.7. The molecule has 1 aliphatic heterocycles. The zero-order valence-corrected chi connectivity index (χ0v) is 28.9. The van der Waals surface area contributed by atoms with E-state index in [1.807, 2.05) is 13.8 Å². The van der Waals surface area contributed by atoms with Crippen LogP contribution in [0.15, 0.2) is 11.6 Å². The highest BCUT2D eigenvalue weighted by Gasteiger charge is 2.69. The van der Waals surface area contributed by atoms with Gasteiger partial charge in [0.25, 0.3) is 0 Å². The van der Waals surface area contributed by atoms with Crippen molar-refractivity contribution in [3.8, 4) is 0 Å². The Labute approximate surface area is 275 Å². The van der Waals surface area contributed by atoms with Crippen molar-refractivity contribution in [2.75, 3.05) is 40.0 Å². The largest absolute Gasteiger partial charge is 0.394 e. The van der Waals surface area contributed by atoms with Crippen LogP contribution in [0.3, 0.4) is 0 Å². The summed E-state index contributed by atoms with van der Waals surface area (Å²) in [5.74, 6) is -0.718. The smallest absolute Gasteiger partial charge is 0.159 e. The summed E-state index contributed by atoms with van der Waals surface area (Å²) in [5, 5.41) is 59.9. The lowest BCUT2D eigenvalue weighted by atomic mass is 9.46. The first-order chi connectivity index (χ1) is 21.7. The maximum Gasteiger partial charge on any atom is 0.159 e. The second-order valence-electron chi connectivity index (χ2n) is 16.2. The Morgan fingerprint density at radius 3 is 2.54 bits per heavy atom. The summed E-state index contributed by atoms with van der Waals surface area (Å²) >= 11 is 0. The van der Waals surface area contributed by atoms with Gasteiger partial charge in [-0.1, -0.05) is 20.8 Å². The van der Waals surface area contributed by atoms with E-state index in [2.05, 4.69) is 12.2 Å². The summed E-state index contributed by atoms with van der Waals surface area (Å²) in [7, 11) is 1.68. The Bertz CT molecular complexity index is 1110. The van der Waals surface area contributed by atoms with E-state index in [1.54, 1.807) is 27.0 Å². The molecule has 3 saturated carbocycles. The maximum absolute atomic E-state index is 13.8. The van der Waals surface area contributed by atoms with Crippen molar-refractivity contribution in [1.82, 2.24) is 5.32 Å². The van der Waals surface area contributed by atoms with Crippen molar-refractivity contribution >= 4 is 5.78 Å². The second-order valence-corrected chi connectivity index (χ2v) is 16.2. The minimum Gasteiger partial charge on any atom is -0.394 e. The van der Waals surface area contributed by atoms with Crippen LogP contribution >= 0.6 is 0 Å². The molecule has 0 radical (unpaired) electrons. The Kier molecular flexibility index (Phi) is 10.9. The van der Waals surface area contributed by atoms with Crippen LogP contribution in [-0.4, -0.2) is 113 Å². The molecule has 14 atom stereocenters. The Hall–Kier alpha value is -0.950. The summed E-state index contributed by atoms with van der Waals surface area (Å²) < 4.78 is 17.5. The maximum atomic E-state index is 13.8. The highest BCUT2D eigenvalue weighted by atomic mass is 16.5. The van der Waals surface area contributed by atoms with E-state index >= 15 is 0 Å². The molecule has 0 aromatic carbocycles. The zero-order valence-electron chi connectivity index (χ0n) is 28.9. The molecular formula is C36H61NO9. The monoisotopic (exact) mass is 651 g/mol. The van der Waals surface area contributed by atoms with Crippen LogP contribution in [0.2, 0.25) is 0 Å². The molecule has 14 unspecified atom stereocenters. The second kappa shape index (κ2) is 13.8. The summed E-state index contributed by atoms with van der Waals surface area (Å²) in [6.07, 6.45) is 4.46. The minimum atomic E-state index is -1.60. The number of allylic oxidation sites excluding steroid dienone is 1. The third kappa shape index (κ3) is 6.06. The molecule has 6 N–H and O–H groups in total. The Morgan fingerprint density at radius 1 is 1.13 bits per heavy atom. The predicted octanol–water partition coefficient (Wildman–Crippen LogP) is 2.38. The number of carbonyl (C=O) groups excluding carboxylic acids is 1. The topological polar surface area (TPSA) is 158 Å². The number of rotatable bonds is 13. The normalized spacial score (nSPS) is 44.9. The standard InChI is InChI=1S/C36H61NO9/c1-21(39)18-37-19-24-22(2)29(20-38)46-31(24)32(41)35(5,42)30-10-13-36(43)26-17-28(40)27-16-23(45-15-7-14-44-6)8-11-33(27,3)25(26)9-12-34(30,36)4/h17,21-25,27,29-32,37-39,41-43H,7-16,18-20H2,1-6H3. The number of fused-ring (bicyclic) bond motifs is 5. The van der Waals surface area contributed by atoms with Gasteiger partial charge in [0.15, 0.2) is 5.78 Å². The predicted molar refractivity (Wildman–Crippen MR) is 173 cm³/mol. The van der Waals surface area contributed by atoms with E-state index < -0.39 is 47.0 Å². The molecule has 1 heterocycles. The third-order valence-electron chi connectivity index (χ3n) is 13.5. The van der Waals surface area contributed by atoms with E-state index in [1.165, 1.54) is 0 Å². The molecular weight excluding hydrogens is 590 g/mol. The lowest BCUT2D eigenvalue weighted by Gasteiger charge is -2.60. The van der Waals surface area contributed by atoms with Gasteiger partial charge in [-0.3, -0.25) is 4.79 Å². The van der Waals surface area contributed by atoms with Crippen LogP contribution in [0.25, 0.3) is 0 Å². The van der Waals surface area contributed by atoms with Crippen molar-refractivity contribution in [1.29, 1.82) is 0 Å². The number of aliphatic hydroxyl groups excluding tert-OH is 3. The van der Waals surface area contributed by atoms with Crippen LogP contribution in [0.4, 0.5) is 0 Å². The van der Waals surface area contributed by atoms with Gasteiger partial charge in [-0.25, -0.2) is 0 Å². The van der Waals surface area contributed by atoms with Gasteiger partial charge in [-0.2, -0.15) is 0 Å². The highest BCUT2D eigenvalue weighted by Crippen LogP contribution is 2.68. The first-order valence-corrected chi connectivity index (χ1v) is 17.8. The fraction of sp³-hybridized carbons (Fsp3) is 0.917. The number of hydrogen-bond donors (Lipinski definition) is 6. The van der Waals surface area contributed by atoms with Crippen molar-refractivity contribution in [2.24, 2.45) is 40.4 Å². The molecule has 10 nitrogen and oxygen atoms in total. The van der Waals surface area contributed by atoms with Gasteiger partial charge in [0.2, 0.25) is 0 Å². The summed E-state index contributed by atoms with van der Waals surface area (Å²) in [6, 6.07) is 0. The molecule has 0 amide bonds. The van der Waals surface area contributed by atoms with Crippen LogP contribution < -0.4 is 5.32 Å². The number of methoxy groups -OCH3 is 1. The molecule has 4 fully saturated rings. The molecule has 0 aromatic rings. The molecule has 0 spiro atoms. The van der Waals surface area contributed by atoms with Gasteiger partial charge >= 0.3 is 0 Å². The van der Waals surface area contributed by atoms with Crippen LogP contribution in [0.5, 0.6) is 0 Å². The molecule has 0 bridgehead atoms. The van der Waals surface area contributed by atoms with E-state index in [-0.39, 0.29) is 47.6 Å². The number of ketones is 1. The van der Waals surface area contributed by atoms with Crippen molar-refractivity contribution < 1.29 is 44.5 Å². The quantitative estimate of drug-likeness (QED) is 0.163. The molecule has 0 aromatic heterocycles. The SMILES string of the molecule is COCCCOC1CCC2(C)C(C1)C(=O)C=C1C2CCC2(C)C(C(C)(O)C(O)C3OC(CO)C(C)C3CNCC(C)O)CCC12O. The van der Waals surface area contributed by atoms with E-state index in [0.29, 0.717) is 52.0 Å². The molecule has 4 aliphatic carbocycles. The lowest BCUT2D eigenvalue weighted by Crippen LogP contribution is -2.63. The fourth-order valence-electron chi connectivity index (χ4n) is 10.7. The van der Waals surface area contributed by atoms with Gasteiger partial charge < -0.3 is 45.1 Å². The number of ether oxygens (including phenoxy) is 3. The highest BCUT2D eigenvalue weighted by molar-refractivity contribution is 5.95. The van der Waals surface area contributed by atoms with E-state index in [9.17, 15) is 30.3 Å². The first kappa shape index (κ1) is 36.3. The molecule has 264 valence electrons. The average molecular weight is 652 g/mol. The van der Waals surface area contributed by atoms with Crippen molar-refractivity contribution in [3.05, 3.63) is 11.6 Å². The van der Waals surface area contributed by atoms with Gasteiger partial charge in [-0.05, 0) is 100 Å². The van der Waals surface area contributed by atoms with E-state index in [4.69, 9.17) is 14.2 Å². The number of hydrogen-bond acceptors (Lipinski definition) is 10. The minimum absolute atomic E-state index is 0.0511. The summed E-state index contributed by atoms with van der Waals surface area (Å²) in [5.41, 5.74) is -3.07. The first-order valence-electron chi connectivity index (χ1n) is 17.8. The number of carbonyl (C=O) groups is 1. The average Bonchev–Trinajstić information content (AvgIpc) is 3.48. The number of aliphatic hydroxyl groups is 5. The van der Waals surface area contributed by atoms with Crippen molar-refractivity contribution in [2.45, 2.75) is 128 Å². The van der Waals surface area contributed by atoms with Gasteiger partial charge in [0, 0.05) is 50.7 Å². The van der Waals surface area contributed by atoms with E-state index in [0.717, 1.165) is 31.3 Å². The van der Waals surface area contributed by atoms with Gasteiger partial charge in [0.05, 0.1) is 42.2 Å². The molecule has 5 aliphatic rings. The summed E-state index contributed by atoms with van der Waals surface area (Å²) in [4.78, 5) is 13.8. The molecule has 1 saturated heterocycles. The van der Waals surface area contributed by atoms with Gasteiger partial charge in [-0.15, -0.1) is 0 Å².